The molecule has 0 aliphatic heterocycles. The molecule has 1 aromatic rings. The largest absolute Gasteiger partial charge is 0.393 e. The second-order valence-corrected chi connectivity index (χ2v) is 4.71. The quantitative estimate of drug-likeness (QED) is 0.776. The van der Waals surface area contributed by atoms with Crippen molar-refractivity contribution in [3.63, 3.8) is 0 Å². The third-order valence-electron chi connectivity index (χ3n) is 2.99. The highest BCUT2D eigenvalue weighted by Crippen LogP contribution is 2.17. The van der Waals surface area contributed by atoms with Crippen LogP contribution in [-0.4, -0.2) is 10.9 Å². The fraction of sp³-hybridized carbons (Fsp3) is 0.429. The summed E-state index contributed by atoms with van der Waals surface area (Å²) < 4.78 is 0. The number of carbonyl (C=O) groups excluding carboxylic acids is 1. The van der Waals surface area contributed by atoms with Crippen LogP contribution in [0.4, 0.5) is 0 Å². The van der Waals surface area contributed by atoms with Crippen LogP contribution in [0.5, 0.6) is 0 Å². The monoisotopic (exact) mass is 264 g/mol. The van der Waals surface area contributed by atoms with E-state index in [1.807, 2.05) is 44.2 Å². The van der Waals surface area contributed by atoms with Gasteiger partial charge in [-0.2, -0.15) is 0 Å². The van der Waals surface area contributed by atoms with Crippen LogP contribution in [0, 0.1) is 5.92 Å². The maximum absolute atomic E-state index is 12.1. The van der Waals surface area contributed by atoms with Crippen molar-refractivity contribution in [2.24, 2.45) is 11.7 Å². The molecule has 4 heteroatoms. The first-order chi connectivity index (χ1) is 8.60. The van der Waals surface area contributed by atoms with Crippen LogP contribution in [0.2, 0.25) is 0 Å². The summed E-state index contributed by atoms with van der Waals surface area (Å²) in [5, 5.41) is 3.01. The number of thiocarbonyl (C=S) groups is 1. The summed E-state index contributed by atoms with van der Waals surface area (Å²) in [7, 11) is 0. The van der Waals surface area contributed by atoms with Gasteiger partial charge in [0.2, 0.25) is 5.91 Å². The lowest BCUT2D eigenvalue weighted by molar-refractivity contribution is -0.123. The zero-order valence-corrected chi connectivity index (χ0v) is 11.7. The van der Waals surface area contributed by atoms with Crippen LogP contribution in [-0.2, 0) is 4.79 Å². The van der Waals surface area contributed by atoms with E-state index in [9.17, 15) is 4.79 Å². The molecule has 0 heterocycles. The average molecular weight is 264 g/mol. The lowest BCUT2D eigenvalue weighted by Crippen LogP contribution is -2.39. The number of nitrogens with two attached hydrogens (primary N) is 1. The molecular formula is C14H20N2OS. The van der Waals surface area contributed by atoms with Crippen LogP contribution in [0.1, 0.15) is 38.3 Å². The van der Waals surface area contributed by atoms with E-state index >= 15 is 0 Å². The number of carbonyl (C=O) groups is 1. The fourth-order valence-corrected chi connectivity index (χ4v) is 2.17. The van der Waals surface area contributed by atoms with Crippen LogP contribution >= 0.6 is 12.2 Å². The molecule has 0 saturated heterocycles. The molecule has 2 unspecified atom stereocenters. The molecule has 0 aliphatic rings. The van der Waals surface area contributed by atoms with Gasteiger partial charge in [0, 0.05) is 0 Å². The number of amides is 1. The van der Waals surface area contributed by atoms with E-state index < -0.39 is 0 Å². The highest BCUT2D eigenvalue weighted by Gasteiger charge is 2.22. The second-order valence-electron chi connectivity index (χ2n) is 4.24. The van der Waals surface area contributed by atoms with E-state index in [2.05, 4.69) is 5.32 Å². The molecular weight excluding hydrogens is 244 g/mol. The van der Waals surface area contributed by atoms with Gasteiger partial charge in [0.25, 0.3) is 0 Å². The highest BCUT2D eigenvalue weighted by atomic mass is 32.1. The Morgan fingerprint density at radius 3 is 2.33 bits per heavy atom. The Kier molecular flexibility index (Phi) is 5.78. The smallest absolute Gasteiger partial charge is 0.230 e. The van der Waals surface area contributed by atoms with Gasteiger partial charge in [-0.1, -0.05) is 56.4 Å². The molecule has 0 aliphatic carbocycles. The van der Waals surface area contributed by atoms with E-state index in [-0.39, 0.29) is 22.9 Å². The van der Waals surface area contributed by atoms with Gasteiger partial charge in [-0.15, -0.1) is 0 Å². The summed E-state index contributed by atoms with van der Waals surface area (Å²) in [5.41, 5.74) is 6.68. The van der Waals surface area contributed by atoms with E-state index in [1.165, 1.54) is 0 Å². The summed E-state index contributed by atoms with van der Waals surface area (Å²) in [6.07, 6.45) is 1.47. The second kappa shape index (κ2) is 7.11. The molecule has 3 N–H and O–H groups in total. The number of hydrogen-bond acceptors (Lipinski definition) is 2. The Labute approximate surface area is 114 Å². The van der Waals surface area contributed by atoms with Gasteiger partial charge in [0.05, 0.1) is 16.9 Å². The van der Waals surface area contributed by atoms with E-state index in [0.29, 0.717) is 6.42 Å². The summed E-state index contributed by atoms with van der Waals surface area (Å²) in [6.45, 7) is 3.95. The first kappa shape index (κ1) is 14.6. The van der Waals surface area contributed by atoms with Crippen molar-refractivity contribution >= 4 is 23.1 Å². The molecule has 2 atom stereocenters. The Bertz CT molecular complexity index is 406. The van der Waals surface area contributed by atoms with Crippen molar-refractivity contribution < 1.29 is 4.79 Å². The molecule has 0 radical (unpaired) electrons. The molecule has 0 aromatic heterocycles. The molecule has 0 spiro atoms. The van der Waals surface area contributed by atoms with Gasteiger partial charge in [-0.3, -0.25) is 4.79 Å². The predicted molar refractivity (Wildman–Crippen MR) is 78.2 cm³/mol. The minimum Gasteiger partial charge on any atom is -0.393 e. The van der Waals surface area contributed by atoms with Crippen LogP contribution in [0.25, 0.3) is 0 Å². The molecule has 0 saturated carbocycles. The van der Waals surface area contributed by atoms with Crippen LogP contribution < -0.4 is 11.1 Å². The molecule has 1 aromatic carbocycles. The minimum absolute atomic E-state index is 0.0158. The minimum atomic E-state index is -0.377. The standard InChI is InChI=1S/C14H20N2OS/c1-3-11(13(15)18)14(17)16-12(4-2)10-8-6-5-7-9-10/h5-9,11-12H,3-4H2,1-2H3,(H2,15,18)(H,16,17). The lowest BCUT2D eigenvalue weighted by atomic mass is 10.0. The van der Waals surface area contributed by atoms with E-state index in [0.717, 1.165) is 12.0 Å². The Morgan fingerprint density at radius 2 is 1.89 bits per heavy atom. The SMILES string of the molecule is CCC(C(=O)NC(CC)c1ccccc1)C(N)=S. The summed E-state index contributed by atoms with van der Waals surface area (Å²) in [5.74, 6) is -0.460. The Hall–Kier alpha value is -1.42. The number of nitrogens with one attached hydrogen (secondary N) is 1. The van der Waals surface area contributed by atoms with Crippen molar-refractivity contribution in [2.45, 2.75) is 32.7 Å². The van der Waals surface area contributed by atoms with Crippen LogP contribution in [0.15, 0.2) is 30.3 Å². The summed E-state index contributed by atoms with van der Waals surface area (Å²) >= 11 is 4.92. The van der Waals surface area contributed by atoms with Crippen molar-refractivity contribution in [2.75, 3.05) is 0 Å². The van der Waals surface area contributed by atoms with Gasteiger partial charge in [0.1, 0.15) is 0 Å². The Morgan fingerprint density at radius 1 is 1.28 bits per heavy atom. The van der Waals surface area contributed by atoms with Gasteiger partial charge in [0.15, 0.2) is 0 Å². The zero-order valence-electron chi connectivity index (χ0n) is 10.8. The Balaban J connectivity index is 2.75. The lowest BCUT2D eigenvalue weighted by Gasteiger charge is -2.21. The zero-order chi connectivity index (χ0) is 13.5. The third kappa shape index (κ3) is 3.81. The van der Waals surface area contributed by atoms with Gasteiger partial charge in [-0.05, 0) is 18.4 Å². The fourth-order valence-electron chi connectivity index (χ4n) is 1.89. The van der Waals surface area contributed by atoms with Crippen molar-refractivity contribution in [1.29, 1.82) is 0 Å². The molecule has 98 valence electrons. The van der Waals surface area contributed by atoms with Crippen LogP contribution in [0.3, 0.4) is 0 Å². The van der Waals surface area contributed by atoms with Crippen molar-refractivity contribution in [1.82, 2.24) is 5.32 Å². The maximum atomic E-state index is 12.1. The molecule has 3 nitrogen and oxygen atoms in total. The molecule has 0 fully saturated rings. The molecule has 1 amide bonds. The molecule has 18 heavy (non-hydrogen) atoms. The van der Waals surface area contributed by atoms with Gasteiger partial charge < -0.3 is 11.1 Å². The highest BCUT2D eigenvalue weighted by molar-refractivity contribution is 7.80. The average Bonchev–Trinajstić information content (AvgIpc) is 2.37. The van der Waals surface area contributed by atoms with E-state index in [4.69, 9.17) is 18.0 Å². The van der Waals surface area contributed by atoms with Gasteiger partial charge in [-0.25, -0.2) is 0 Å². The topological polar surface area (TPSA) is 55.1 Å². The van der Waals surface area contributed by atoms with Gasteiger partial charge >= 0.3 is 0 Å². The van der Waals surface area contributed by atoms with E-state index in [1.54, 1.807) is 0 Å². The first-order valence-electron chi connectivity index (χ1n) is 6.24. The molecule has 1 rings (SSSR count). The number of benzene rings is 1. The normalized spacial score (nSPS) is 13.7. The van der Waals surface area contributed by atoms with Crippen molar-refractivity contribution in [3.05, 3.63) is 35.9 Å². The third-order valence-corrected chi connectivity index (χ3v) is 3.28. The predicted octanol–water partition coefficient (Wildman–Crippen LogP) is 2.57. The molecule has 0 bridgehead atoms. The van der Waals surface area contributed by atoms with Crippen molar-refractivity contribution in [3.8, 4) is 0 Å². The summed E-state index contributed by atoms with van der Waals surface area (Å²) in [6, 6.07) is 9.93. The maximum Gasteiger partial charge on any atom is 0.230 e. The summed E-state index contributed by atoms with van der Waals surface area (Å²) in [4.78, 5) is 12.3. The first-order valence-corrected chi connectivity index (χ1v) is 6.65. The number of rotatable bonds is 6. The number of hydrogen-bond donors (Lipinski definition) is 2.